The monoisotopic (exact) mass is 231 g/mol. The molecule has 0 spiro atoms. The second-order valence-electron chi connectivity index (χ2n) is 3.86. The first-order valence-electron chi connectivity index (χ1n) is 5.35. The van der Waals surface area contributed by atoms with Crippen molar-refractivity contribution >= 4 is 0 Å². The fourth-order valence-electron chi connectivity index (χ4n) is 1.75. The van der Waals surface area contributed by atoms with Crippen LogP contribution in [0.3, 0.4) is 0 Å². The Bertz CT molecular complexity index is 499. The second-order valence-corrected chi connectivity index (χ2v) is 3.86. The van der Waals surface area contributed by atoms with Crippen LogP contribution in [-0.4, -0.2) is 4.98 Å². The highest BCUT2D eigenvalue weighted by Crippen LogP contribution is 2.21. The van der Waals surface area contributed by atoms with E-state index in [0.717, 1.165) is 11.3 Å². The summed E-state index contributed by atoms with van der Waals surface area (Å²) >= 11 is 0. The minimum Gasteiger partial charge on any atom is -0.271 e. The van der Waals surface area contributed by atoms with Crippen molar-refractivity contribution in [2.45, 2.75) is 13.0 Å². The van der Waals surface area contributed by atoms with Crippen LogP contribution in [0.5, 0.6) is 0 Å². The molecule has 4 heteroatoms. The third kappa shape index (κ3) is 2.49. The van der Waals surface area contributed by atoms with Crippen LogP contribution in [-0.2, 0) is 0 Å². The molecule has 1 heterocycles. The van der Waals surface area contributed by atoms with Gasteiger partial charge < -0.3 is 0 Å². The number of pyridine rings is 1. The summed E-state index contributed by atoms with van der Waals surface area (Å²) in [5.74, 6) is 5.32. The van der Waals surface area contributed by atoms with E-state index in [1.54, 1.807) is 25.3 Å². The highest BCUT2D eigenvalue weighted by Gasteiger charge is 2.14. The largest absolute Gasteiger partial charge is 0.271 e. The van der Waals surface area contributed by atoms with Gasteiger partial charge in [0.25, 0.3) is 0 Å². The first-order valence-corrected chi connectivity index (χ1v) is 5.35. The topological polar surface area (TPSA) is 50.9 Å². The molecule has 0 fully saturated rings. The molecule has 1 aromatic carbocycles. The lowest BCUT2D eigenvalue weighted by atomic mass is 10.0. The third-order valence-electron chi connectivity index (χ3n) is 2.67. The van der Waals surface area contributed by atoms with Crippen LogP contribution in [0, 0.1) is 12.7 Å². The Kier molecular flexibility index (Phi) is 3.46. The van der Waals surface area contributed by atoms with Gasteiger partial charge in [-0.1, -0.05) is 18.2 Å². The van der Waals surface area contributed by atoms with E-state index < -0.39 is 0 Å². The molecule has 3 nitrogen and oxygen atoms in total. The lowest BCUT2D eigenvalue weighted by molar-refractivity contribution is 0.602. The van der Waals surface area contributed by atoms with Gasteiger partial charge in [-0.25, -0.2) is 9.82 Å². The molecule has 0 radical (unpaired) electrons. The van der Waals surface area contributed by atoms with Gasteiger partial charge in [0, 0.05) is 6.20 Å². The molecule has 0 aliphatic rings. The van der Waals surface area contributed by atoms with Crippen LogP contribution >= 0.6 is 0 Å². The van der Waals surface area contributed by atoms with Crippen molar-refractivity contribution in [1.29, 1.82) is 0 Å². The Labute approximate surface area is 99.5 Å². The Morgan fingerprint density at radius 3 is 2.71 bits per heavy atom. The van der Waals surface area contributed by atoms with Crippen molar-refractivity contribution in [2.75, 3.05) is 0 Å². The van der Waals surface area contributed by atoms with Crippen LogP contribution in [0.2, 0.25) is 0 Å². The highest BCUT2D eigenvalue weighted by atomic mass is 19.1. The summed E-state index contributed by atoms with van der Waals surface area (Å²) in [6.07, 6.45) is 1.70. The van der Waals surface area contributed by atoms with E-state index in [1.807, 2.05) is 18.2 Å². The Hall–Kier alpha value is -1.78. The summed E-state index contributed by atoms with van der Waals surface area (Å²) in [6, 6.07) is 10.3. The van der Waals surface area contributed by atoms with E-state index in [2.05, 4.69) is 10.4 Å². The normalized spacial score (nSPS) is 12.4. The van der Waals surface area contributed by atoms with Gasteiger partial charge in [0.2, 0.25) is 0 Å². The van der Waals surface area contributed by atoms with Crippen LogP contribution in [0.1, 0.15) is 22.9 Å². The highest BCUT2D eigenvalue weighted by molar-refractivity contribution is 5.31. The number of hydrogen-bond donors (Lipinski definition) is 2. The number of aromatic nitrogens is 1. The van der Waals surface area contributed by atoms with Gasteiger partial charge >= 0.3 is 0 Å². The number of nitrogens with zero attached hydrogens (tertiary/aromatic N) is 1. The predicted octanol–water partition coefficient (Wildman–Crippen LogP) is 2.08. The Balaban J connectivity index is 2.39. The molecule has 3 N–H and O–H groups in total. The maximum absolute atomic E-state index is 13.2. The van der Waals surface area contributed by atoms with Gasteiger partial charge in [-0.05, 0) is 36.2 Å². The fourth-order valence-corrected chi connectivity index (χ4v) is 1.75. The first kappa shape index (κ1) is 11.7. The summed E-state index contributed by atoms with van der Waals surface area (Å²) in [7, 11) is 0. The quantitative estimate of drug-likeness (QED) is 0.628. The summed E-state index contributed by atoms with van der Waals surface area (Å²) in [5.41, 5.74) is 4.99. The molecule has 1 unspecified atom stereocenters. The van der Waals surface area contributed by atoms with Crippen LogP contribution < -0.4 is 11.3 Å². The molecule has 1 atom stereocenters. The number of aryl methyl sites for hydroxylation is 1. The van der Waals surface area contributed by atoms with E-state index in [1.165, 1.54) is 6.07 Å². The van der Waals surface area contributed by atoms with Gasteiger partial charge in [-0.3, -0.25) is 10.8 Å². The molecular weight excluding hydrogens is 217 g/mol. The predicted molar refractivity (Wildman–Crippen MR) is 64.5 cm³/mol. The number of hydrogen-bond acceptors (Lipinski definition) is 3. The molecule has 2 rings (SSSR count). The van der Waals surface area contributed by atoms with Crippen LogP contribution in [0.25, 0.3) is 0 Å². The van der Waals surface area contributed by atoms with Gasteiger partial charge in [0.05, 0.1) is 11.7 Å². The third-order valence-corrected chi connectivity index (χ3v) is 2.67. The number of nitrogens with two attached hydrogens (primary N) is 1. The van der Waals surface area contributed by atoms with E-state index in [9.17, 15) is 4.39 Å². The van der Waals surface area contributed by atoms with Crippen molar-refractivity contribution in [2.24, 2.45) is 5.84 Å². The SMILES string of the molecule is Cc1cc(C(NN)c2ccccn2)ccc1F. The zero-order valence-corrected chi connectivity index (χ0v) is 9.52. The summed E-state index contributed by atoms with van der Waals surface area (Å²) in [5, 5.41) is 0. The maximum Gasteiger partial charge on any atom is 0.126 e. The number of benzene rings is 1. The van der Waals surface area contributed by atoms with Crippen molar-refractivity contribution in [1.82, 2.24) is 10.4 Å². The lowest BCUT2D eigenvalue weighted by Gasteiger charge is -2.16. The van der Waals surface area contributed by atoms with Gasteiger partial charge in [-0.15, -0.1) is 0 Å². The standard InChI is InChI=1S/C13H14FN3/c1-9-8-10(5-6-11(9)14)13(17-15)12-4-2-3-7-16-12/h2-8,13,17H,15H2,1H3. The molecule has 0 saturated heterocycles. The molecule has 0 amide bonds. The van der Waals surface area contributed by atoms with E-state index in [0.29, 0.717) is 5.56 Å². The number of halogens is 1. The smallest absolute Gasteiger partial charge is 0.126 e. The zero-order chi connectivity index (χ0) is 12.3. The molecule has 0 saturated carbocycles. The Morgan fingerprint density at radius 2 is 2.12 bits per heavy atom. The molecule has 88 valence electrons. The van der Waals surface area contributed by atoms with E-state index in [4.69, 9.17) is 5.84 Å². The van der Waals surface area contributed by atoms with Crippen molar-refractivity contribution < 1.29 is 4.39 Å². The zero-order valence-electron chi connectivity index (χ0n) is 9.52. The molecule has 2 aromatic rings. The van der Waals surface area contributed by atoms with E-state index >= 15 is 0 Å². The number of nitrogens with one attached hydrogen (secondary N) is 1. The van der Waals surface area contributed by atoms with Crippen molar-refractivity contribution in [3.05, 3.63) is 65.2 Å². The number of rotatable bonds is 3. The molecule has 0 aliphatic carbocycles. The average Bonchev–Trinajstić information content (AvgIpc) is 2.36. The average molecular weight is 231 g/mol. The number of hydrazine groups is 1. The lowest BCUT2D eigenvalue weighted by Crippen LogP contribution is -2.29. The van der Waals surface area contributed by atoms with Crippen molar-refractivity contribution in [3.8, 4) is 0 Å². The molecule has 17 heavy (non-hydrogen) atoms. The molecule has 0 aliphatic heterocycles. The van der Waals surface area contributed by atoms with Gasteiger partial charge in [0.15, 0.2) is 0 Å². The fraction of sp³-hybridized carbons (Fsp3) is 0.154. The molecular formula is C13H14FN3. The van der Waals surface area contributed by atoms with Crippen molar-refractivity contribution in [3.63, 3.8) is 0 Å². The maximum atomic E-state index is 13.2. The van der Waals surface area contributed by atoms with E-state index in [-0.39, 0.29) is 11.9 Å². The summed E-state index contributed by atoms with van der Waals surface area (Å²) in [4.78, 5) is 4.24. The summed E-state index contributed by atoms with van der Waals surface area (Å²) in [6.45, 7) is 1.73. The summed E-state index contributed by atoms with van der Waals surface area (Å²) < 4.78 is 13.2. The van der Waals surface area contributed by atoms with Gasteiger partial charge in [-0.2, -0.15) is 0 Å². The first-order chi connectivity index (χ1) is 8.22. The van der Waals surface area contributed by atoms with Gasteiger partial charge in [0.1, 0.15) is 5.82 Å². The minimum atomic E-state index is -0.226. The molecule has 1 aromatic heterocycles. The van der Waals surface area contributed by atoms with Crippen LogP contribution in [0.15, 0.2) is 42.6 Å². The minimum absolute atomic E-state index is 0.217. The van der Waals surface area contributed by atoms with Crippen LogP contribution in [0.4, 0.5) is 4.39 Å². The Morgan fingerprint density at radius 1 is 1.29 bits per heavy atom. The second kappa shape index (κ2) is 5.03. The molecule has 0 bridgehead atoms.